The molecule has 2 aromatic rings. The largest absolute Gasteiger partial charge is 0.497 e. The molecule has 0 aliphatic carbocycles. The van der Waals surface area contributed by atoms with E-state index in [1.165, 1.54) is 0 Å². The maximum absolute atomic E-state index is 10.6. The SMILES string of the molecule is COc1ccc(-c2nc(C=O)c(C)o2)cc1. The third-order valence-electron chi connectivity index (χ3n) is 2.28. The molecule has 0 saturated carbocycles. The molecule has 0 N–H and O–H groups in total. The monoisotopic (exact) mass is 217 g/mol. The Balaban J connectivity index is 2.38. The number of aromatic nitrogens is 1. The lowest BCUT2D eigenvalue weighted by Crippen LogP contribution is -1.84. The number of rotatable bonds is 3. The number of benzene rings is 1. The molecule has 0 fully saturated rings. The number of ether oxygens (including phenoxy) is 1. The highest BCUT2D eigenvalue weighted by atomic mass is 16.5. The van der Waals surface area contributed by atoms with Gasteiger partial charge in [-0.25, -0.2) is 4.98 Å². The summed E-state index contributed by atoms with van der Waals surface area (Å²) in [6.45, 7) is 1.71. The van der Waals surface area contributed by atoms with Crippen LogP contribution in [0.15, 0.2) is 28.7 Å². The van der Waals surface area contributed by atoms with Crippen LogP contribution in [0.4, 0.5) is 0 Å². The summed E-state index contributed by atoms with van der Waals surface area (Å²) >= 11 is 0. The van der Waals surface area contributed by atoms with Gasteiger partial charge in [-0.15, -0.1) is 0 Å². The third kappa shape index (κ3) is 1.82. The van der Waals surface area contributed by atoms with Crippen molar-refractivity contribution in [1.29, 1.82) is 0 Å². The molecule has 1 aromatic carbocycles. The van der Waals surface area contributed by atoms with Crippen molar-refractivity contribution in [1.82, 2.24) is 4.98 Å². The van der Waals surface area contributed by atoms with Crippen molar-refractivity contribution in [3.8, 4) is 17.2 Å². The summed E-state index contributed by atoms with van der Waals surface area (Å²) in [4.78, 5) is 14.7. The van der Waals surface area contributed by atoms with E-state index < -0.39 is 0 Å². The van der Waals surface area contributed by atoms with Crippen LogP contribution in [0.3, 0.4) is 0 Å². The van der Waals surface area contributed by atoms with Crippen molar-refractivity contribution < 1.29 is 13.9 Å². The molecule has 0 saturated heterocycles. The van der Waals surface area contributed by atoms with Gasteiger partial charge in [0.15, 0.2) is 6.29 Å². The summed E-state index contributed by atoms with van der Waals surface area (Å²) < 4.78 is 10.4. The number of hydrogen-bond donors (Lipinski definition) is 0. The van der Waals surface area contributed by atoms with Crippen LogP contribution in [0.25, 0.3) is 11.5 Å². The molecule has 2 rings (SSSR count). The maximum atomic E-state index is 10.6. The summed E-state index contributed by atoms with van der Waals surface area (Å²) in [5.74, 6) is 1.74. The van der Waals surface area contributed by atoms with Gasteiger partial charge in [-0.05, 0) is 31.2 Å². The summed E-state index contributed by atoms with van der Waals surface area (Å²) in [7, 11) is 1.61. The molecule has 1 aromatic heterocycles. The Morgan fingerprint density at radius 3 is 2.50 bits per heavy atom. The van der Waals surface area contributed by atoms with Gasteiger partial charge in [-0.1, -0.05) is 0 Å². The molecule has 16 heavy (non-hydrogen) atoms. The second kappa shape index (κ2) is 4.18. The molecule has 0 aliphatic heterocycles. The Morgan fingerprint density at radius 1 is 1.31 bits per heavy atom. The van der Waals surface area contributed by atoms with Crippen molar-refractivity contribution in [3.05, 3.63) is 35.7 Å². The molecule has 1 heterocycles. The van der Waals surface area contributed by atoms with E-state index in [-0.39, 0.29) is 0 Å². The Hall–Kier alpha value is -2.10. The van der Waals surface area contributed by atoms with Gasteiger partial charge in [-0.2, -0.15) is 0 Å². The second-order valence-electron chi connectivity index (χ2n) is 3.31. The summed E-state index contributed by atoms with van der Waals surface area (Å²) in [5, 5.41) is 0. The predicted molar refractivity (Wildman–Crippen MR) is 58.6 cm³/mol. The normalized spacial score (nSPS) is 10.1. The van der Waals surface area contributed by atoms with E-state index in [1.54, 1.807) is 14.0 Å². The number of aldehydes is 1. The maximum Gasteiger partial charge on any atom is 0.226 e. The lowest BCUT2D eigenvalue weighted by atomic mass is 10.2. The van der Waals surface area contributed by atoms with Crippen molar-refractivity contribution in [2.45, 2.75) is 6.92 Å². The van der Waals surface area contributed by atoms with Crippen LogP contribution in [-0.4, -0.2) is 18.4 Å². The molecule has 0 atom stereocenters. The molecule has 4 heteroatoms. The zero-order valence-corrected chi connectivity index (χ0v) is 9.06. The van der Waals surface area contributed by atoms with E-state index in [1.807, 2.05) is 24.3 Å². The lowest BCUT2D eigenvalue weighted by Gasteiger charge is -1.99. The van der Waals surface area contributed by atoms with Crippen LogP contribution in [0.2, 0.25) is 0 Å². The molecule has 0 amide bonds. The van der Waals surface area contributed by atoms with Gasteiger partial charge in [0, 0.05) is 5.56 Å². The van der Waals surface area contributed by atoms with Gasteiger partial charge < -0.3 is 9.15 Å². The Morgan fingerprint density at radius 2 is 2.00 bits per heavy atom. The molecule has 0 bridgehead atoms. The quantitative estimate of drug-likeness (QED) is 0.741. The lowest BCUT2D eigenvalue weighted by molar-refractivity contribution is 0.111. The molecule has 4 nitrogen and oxygen atoms in total. The van der Waals surface area contributed by atoms with Crippen molar-refractivity contribution in [2.75, 3.05) is 7.11 Å². The van der Waals surface area contributed by atoms with Crippen LogP contribution in [0.1, 0.15) is 16.2 Å². The van der Waals surface area contributed by atoms with E-state index in [0.717, 1.165) is 11.3 Å². The number of carbonyl (C=O) groups excluding carboxylic acids is 1. The fraction of sp³-hybridized carbons (Fsp3) is 0.167. The average Bonchev–Trinajstić information content (AvgIpc) is 2.71. The van der Waals surface area contributed by atoms with Crippen LogP contribution in [0, 0.1) is 6.92 Å². The topological polar surface area (TPSA) is 52.3 Å². The first kappa shape index (κ1) is 10.4. The third-order valence-corrected chi connectivity index (χ3v) is 2.28. The van der Waals surface area contributed by atoms with Gasteiger partial charge in [0.1, 0.15) is 17.2 Å². The van der Waals surface area contributed by atoms with Gasteiger partial charge in [0.05, 0.1) is 7.11 Å². The molecule has 82 valence electrons. The number of oxazole rings is 1. The fourth-order valence-electron chi connectivity index (χ4n) is 1.37. The molecular formula is C12H11NO3. The summed E-state index contributed by atoms with van der Waals surface area (Å²) in [6, 6.07) is 7.29. The number of hydrogen-bond acceptors (Lipinski definition) is 4. The van der Waals surface area contributed by atoms with E-state index in [4.69, 9.17) is 9.15 Å². The highest BCUT2D eigenvalue weighted by molar-refractivity contribution is 5.74. The average molecular weight is 217 g/mol. The Labute approximate surface area is 92.9 Å². The van der Waals surface area contributed by atoms with Crippen molar-refractivity contribution in [3.63, 3.8) is 0 Å². The predicted octanol–water partition coefficient (Wildman–Crippen LogP) is 2.47. The van der Waals surface area contributed by atoms with Gasteiger partial charge >= 0.3 is 0 Å². The van der Waals surface area contributed by atoms with Crippen molar-refractivity contribution in [2.24, 2.45) is 0 Å². The summed E-state index contributed by atoms with van der Waals surface area (Å²) in [5.41, 5.74) is 1.16. The highest BCUT2D eigenvalue weighted by Crippen LogP contribution is 2.23. The number of carbonyl (C=O) groups is 1. The standard InChI is InChI=1S/C12H11NO3/c1-8-11(7-14)13-12(16-8)9-3-5-10(15-2)6-4-9/h3-7H,1-2H3. The first-order chi connectivity index (χ1) is 7.74. The van der Waals surface area contributed by atoms with Gasteiger partial charge in [0.2, 0.25) is 5.89 Å². The highest BCUT2D eigenvalue weighted by Gasteiger charge is 2.10. The Kier molecular flexibility index (Phi) is 2.72. The number of nitrogens with zero attached hydrogens (tertiary/aromatic N) is 1. The summed E-state index contributed by atoms with van der Waals surface area (Å²) in [6.07, 6.45) is 0.686. The molecular weight excluding hydrogens is 206 g/mol. The van der Waals surface area contributed by atoms with Crippen LogP contribution in [-0.2, 0) is 0 Å². The minimum Gasteiger partial charge on any atom is -0.497 e. The first-order valence-electron chi connectivity index (χ1n) is 4.81. The van der Waals surface area contributed by atoms with E-state index in [0.29, 0.717) is 23.6 Å². The zero-order valence-electron chi connectivity index (χ0n) is 9.06. The van der Waals surface area contributed by atoms with Crippen LogP contribution in [0.5, 0.6) is 5.75 Å². The van der Waals surface area contributed by atoms with Gasteiger partial charge in [-0.3, -0.25) is 4.79 Å². The minimum atomic E-state index is 0.339. The molecule has 0 unspecified atom stereocenters. The van der Waals surface area contributed by atoms with Crippen LogP contribution >= 0.6 is 0 Å². The second-order valence-corrected chi connectivity index (χ2v) is 3.31. The van der Waals surface area contributed by atoms with E-state index >= 15 is 0 Å². The van der Waals surface area contributed by atoms with Crippen molar-refractivity contribution >= 4 is 6.29 Å². The number of aryl methyl sites for hydroxylation is 1. The van der Waals surface area contributed by atoms with Crippen LogP contribution < -0.4 is 4.74 Å². The van der Waals surface area contributed by atoms with E-state index in [9.17, 15) is 4.79 Å². The van der Waals surface area contributed by atoms with E-state index in [2.05, 4.69) is 4.98 Å². The molecule has 0 aliphatic rings. The first-order valence-corrected chi connectivity index (χ1v) is 4.81. The minimum absolute atomic E-state index is 0.339. The number of methoxy groups -OCH3 is 1. The smallest absolute Gasteiger partial charge is 0.226 e. The fourth-order valence-corrected chi connectivity index (χ4v) is 1.37. The Bertz CT molecular complexity index is 499. The molecule has 0 radical (unpaired) electrons. The zero-order chi connectivity index (χ0) is 11.5. The van der Waals surface area contributed by atoms with Gasteiger partial charge in [0.25, 0.3) is 0 Å². The molecule has 0 spiro atoms.